The molecule has 12 heterocycles. The number of oxazole rings is 1. The highest BCUT2D eigenvalue weighted by Gasteiger charge is 2.29. The van der Waals surface area contributed by atoms with Crippen molar-refractivity contribution < 1.29 is 57.5 Å². The van der Waals surface area contributed by atoms with E-state index >= 15 is 0 Å². The monoisotopic (exact) mass is 1720 g/mol. The molecule has 0 radical (unpaired) electrons. The van der Waals surface area contributed by atoms with E-state index in [9.17, 15) is 43.9 Å². The topological polar surface area (TPSA) is 280 Å². The Hall–Kier alpha value is -15.3. The number of hydrogen-bond acceptors (Lipinski definition) is 18. The van der Waals surface area contributed by atoms with Gasteiger partial charge in [-0.15, -0.1) is 11.3 Å². The molecule has 0 aliphatic heterocycles. The molecule has 0 spiro atoms. The zero-order chi connectivity index (χ0) is 86.0. The Morgan fingerprint density at radius 3 is 1.34 bits per heavy atom. The highest BCUT2D eigenvalue weighted by Crippen LogP contribution is 2.43. The van der Waals surface area contributed by atoms with Crippen LogP contribution < -0.4 is 4.74 Å². The van der Waals surface area contributed by atoms with Crippen LogP contribution in [0.1, 0.15) is 5.69 Å². The van der Waals surface area contributed by atoms with Crippen LogP contribution in [0.15, 0.2) is 371 Å². The number of aromatic hydroxyl groups is 1. The number of pyridine rings is 4. The van der Waals surface area contributed by atoms with Crippen LogP contribution in [-0.4, -0.2) is 106 Å². The van der Waals surface area contributed by atoms with Gasteiger partial charge in [0.2, 0.25) is 0 Å². The van der Waals surface area contributed by atoms with E-state index < -0.39 is 30.1 Å². The van der Waals surface area contributed by atoms with Crippen molar-refractivity contribution >= 4 is 91.6 Å². The van der Waals surface area contributed by atoms with Gasteiger partial charge in [0, 0.05) is 194 Å². The number of hydrogen-bond donors (Lipinski definition) is 1. The van der Waals surface area contributed by atoms with Crippen molar-refractivity contribution in [3.05, 3.63) is 365 Å². The van der Waals surface area contributed by atoms with Crippen LogP contribution >= 0.6 is 11.3 Å². The van der Waals surface area contributed by atoms with Crippen molar-refractivity contribution in [3.8, 4) is 106 Å². The van der Waals surface area contributed by atoms with Gasteiger partial charge in [-0.25, -0.2) is 80.6 Å². The molecule has 23 nitrogen and oxygen atoms in total. The van der Waals surface area contributed by atoms with Gasteiger partial charge >= 0.3 is 6.03 Å². The molecule has 0 aliphatic rings. The number of rotatable bonds is 16. The number of para-hydroxylation sites is 3. The van der Waals surface area contributed by atoms with E-state index in [-0.39, 0.29) is 43.7 Å². The van der Waals surface area contributed by atoms with Gasteiger partial charge in [0.05, 0.1) is 32.9 Å². The second kappa shape index (κ2) is 34.1. The predicted molar refractivity (Wildman–Crippen MR) is 474 cm³/mol. The lowest BCUT2D eigenvalue weighted by molar-refractivity contribution is 0.220. The summed E-state index contributed by atoms with van der Waals surface area (Å²) in [5, 5.41) is 15.4. The number of amides is 1. The number of thiazole rings is 1. The van der Waals surface area contributed by atoms with E-state index in [1.165, 1.54) is 88.2 Å². The zero-order valence-electron chi connectivity index (χ0n) is 66.2. The Morgan fingerprint density at radius 2 is 0.879 bits per heavy atom. The third kappa shape index (κ3) is 15.9. The summed E-state index contributed by atoms with van der Waals surface area (Å²) in [4.78, 5) is 41.4. The van der Waals surface area contributed by atoms with Gasteiger partial charge in [-0.2, -0.15) is 0 Å². The van der Waals surface area contributed by atoms with E-state index in [4.69, 9.17) is 13.6 Å². The average Bonchev–Trinajstić information content (AvgIpc) is 1.62. The first-order valence-electron chi connectivity index (χ1n) is 38.3. The van der Waals surface area contributed by atoms with Crippen molar-refractivity contribution in [2.24, 2.45) is 7.05 Å². The van der Waals surface area contributed by atoms with E-state index in [2.05, 4.69) is 29.9 Å². The van der Waals surface area contributed by atoms with Crippen LogP contribution in [0, 0.1) is 18.6 Å². The summed E-state index contributed by atoms with van der Waals surface area (Å²) in [6, 6.07) is 72.8. The Morgan fingerprint density at radius 1 is 0.444 bits per heavy atom. The molecule has 12 aromatic heterocycles. The second-order valence-electron chi connectivity index (χ2n) is 28.5. The summed E-state index contributed by atoms with van der Waals surface area (Å²) in [7, 11) is -6.26. The molecule has 0 atom stereocenters. The lowest BCUT2D eigenvalue weighted by Crippen LogP contribution is -2.26. The van der Waals surface area contributed by atoms with Gasteiger partial charge < -0.3 is 28.1 Å². The number of ether oxygens (including phenoxy) is 1. The first-order valence-corrected chi connectivity index (χ1v) is 43.5. The molecule has 1 N–H and O–H groups in total. The molecule has 0 fully saturated rings. The summed E-state index contributed by atoms with van der Waals surface area (Å²) in [5.41, 5.74) is 11.5. The van der Waals surface area contributed by atoms with Crippen molar-refractivity contribution in [2.45, 2.75) is 21.6 Å². The minimum atomic E-state index is -3.86. The maximum atomic E-state index is 14.4. The fraction of sp³-hybridized carbons (Fsp3) is 0.0421. The highest BCUT2D eigenvalue weighted by molar-refractivity contribution is 7.90. The summed E-state index contributed by atoms with van der Waals surface area (Å²) < 4.78 is 133. The predicted octanol–water partition coefficient (Wildman–Crippen LogP) is 21.2. The van der Waals surface area contributed by atoms with E-state index in [0.717, 1.165) is 44.6 Å². The molecule has 8 aromatic carbocycles. The minimum absolute atomic E-state index is 0.125. The summed E-state index contributed by atoms with van der Waals surface area (Å²) in [6.07, 6.45) is 22.7. The molecule has 0 saturated carbocycles. The molecule has 1 amide bonds. The van der Waals surface area contributed by atoms with Gasteiger partial charge in [0.15, 0.2) is 29.1 Å². The van der Waals surface area contributed by atoms with Crippen molar-refractivity contribution in [3.63, 3.8) is 0 Å². The van der Waals surface area contributed by atoms with Crippen LogP contribution in [0.5, 0.6) is 17.2 Å². The number of furan rings is 1. The summed E-state index contributed by atoms with van der Waals surface area (Å²) in [6.45, 7) is 1.87. The summed E-state index contributed by atoms with van der Waals surface area (Å²) in [5.74, 6) is 1.47. The fourth-order valence-electron chi connectivity index (χ4n) is 14.3. The van der Waals surface area contributed by atoms with Gasteiger partial charge in [0.25, 0.3) is 30.1 Å². The number of benzene rings is 8. The van der Waals surface area contributed by atoms with Gasteiger partial charge in [-0.3, -0.25) is 4.57 Å². The molecule has 124 heavy (non-hydrogen) atoms. The standard InChI is InChI=1S/C26H22N4O3.C24H18FN3O2S.C23H16N2O4S.C22H14FN3O2S2/c1-17-24(32-16-28-17)22-15-30(26(31)29(2)3)25-21(22)13-18(14-27-25)20-11-7-8-12-23(20)33-19-9-5-4-6-10-19;1-27-12-11-17(15-27)22-16-28(31(29,30)19-7-3-2-4-8-19)24-21(22)13-18(14-26-24)20-9-5-6-10-23(20)25;26-22-9-5-4-8-19(22)17-12-20-21(16-10-11-29-15-16)14-25(23(20)24-13-17)30(27,28)18-6-2-1-3-7-18;23-20-9-5-4-8-17(20)15-12-18-19(22-24-10-11-29-22)14-26(21(18)25-13-15)30(27,28)16-6-2-1-3-7-16/h4-16H,1-3H3;2-16H,1H3;1-15,26H;1-14H. The van der Waals surface area contributed by atoms with E-state index in [1.807, 2.05) is 115 Å². The Kier molecular flexibility index (Phi) is 22.3. The lowest BCUT2D eigenvalue weighted by atomic mass is 10.0. The van der Waals surface area contributed by atoms with Gasteiger partial charge in [-0.05, 0) is 116 Å². The third-order valence-electron chi connectivity index (χ3n) is 20.3. The first kappa shape index (κ1) is 81.1. The molecule has 29 heteroatoms. The third-order valence-corrected chi connectivity index (χ3v) is 26.1. The van der Waals surface area contributed by atoms with Crippen LogP contribution in [0.25, 0.3) is 133 Å². The Balaban J connectivity index is 0.000000117. The number of fused-ring (bicyclic) bond motifs is 4. The number of halogens is 2. The van der Waals surface area contributed by atoms with Gasteiger partial charge in [-0.1, -0.05) is 146 Å². The van der Waals surface area contributed by atoms with E-state index in [0.29, 0.717) is 99.7 Å². The SMILES string of the molecule is Cc1ncoc1-c1cn(C(=O)N(C)C)c2ncc(-c3ccccc3Oc3ccccc3)cc12.Cn1ccc(-c2cn(S(=O)(=O)c3ccccc3)c3ncc(-c4ccccc4F)cc23)c1.O=S(=O)(c1ccccc1)n1cc(-c2ccoc2)c2cc(-c3ccccc3O)cnc21.O=S(=O)(c1ccccc1)n1cc(-c2nccs2)c2cc(-c3ccccc3F)cnc21. The minimum Gasteiger partial charge on any atom is -0.507 e. The highest BCUT2D eigenvalue weighted by atomic mass is 32.2. The fourth-order valence-corrected chi connectivity index (χ4v) is 19.0. The summed E-state index contributed by atoms with van der Waals surface area (Å²) >= 11 is 1.39. The number of carbonyl (C=O) groups is 1. The number of aromatic nitrogens is 11. The van der Waals surface area contributed by atoms with Gasteiger partial charge in [0.1, 0.15) is 39.5 Å². The van der Waals surface area contributed by atoms with Crippen LogP contribution in [0.2, 0.25) is 0 Å². The largest absolute Gasteiger partial charge is 0.507 e. The number of nitrogens with zero attached hydrogens (tertiary/aromatic N) is 12. The normalized spacial score (nSPS) is 11.6. The average molecular weight is 1720 g/mol. The lowest BCUT2D eigenvalue weighted by Gasteiger charge is -2.12. The molecule has 0 unspecified atom stereocenters. The number of phenolic OH excluding ortho intramolecular Hbond substituents is 1. The van der Waals surface area contributed by atoms with Crippen LogP contribution in [-0.2, 0) is 37.1 Å². The van der Waals surface area contributed by atoms with Crippen LogP contribution in [0.4, 0.5) is 13.6 Å². The van der Waals surface area contributed by atoms with Crippen LogP contribution in [0.3, 0.4) is 0 Å². The van der Waals surface area contributed by atoms with Crippen molar-refractivity contribution in [1.29, 1.82) is 0 Å². The van der Waals surface area contributed by atoms with Crippen molar-refractivity contribution in [2.75, 3.05) is 14.1 Å². The quantitative estimate of drug-likeness (QED) is 0.0940. The Labute approximate surface area is 713 Å². The zero-order valence-corrected chi connectivity index (χ0v) is 69.5. The maximum Gasteiger partial charge on any atom is 0.329 e. The second-order valence-corrected chi connectivity index (χ2v) is 34.8. The molecule has 0 saturated heterocycles. The molecule has 20 aromatic rings. The molecule has 20 rings (SSSR count). The van der Waals surface area contributed by atoms with Crippen molar-refractivity contribution in [1.82, 2.24) is 55.9 Å². The number of carbonyl (C=O) groups excluding carboxylic acids is 1. The maximum absolute atomic E-state index is 14.4. The molecular weight excluding hydrogens is 1650 g/mol. The first-order chi connectivity index (χ1) is 60.1. The Bertz CT molecular complexity index is 7490. The molecule has 614 valence electrons. The van der Waals surface area contributed by atoms with E-state index in [1.54, 1.807) is 209 Å². The molecule has 0 bridgehead atoms. The molecular formula is C95H70F2N12O11S4. The number of phenols is 1. The molecule has 0 aliphatic carbocycles. The smallest absolute Gasteiger partial charge is 0.329 e. The number of aryl methyl sites for hydroxylation is 2.